The van der Waals surface area contributed by atoms with E-state index in [0.717, 1.165) is 11.3 Å². The molecular weight excluding hydrogens is 237 g/mol. The van der Waals surface area contributed by atoms with Gasteiger partial charge in [-0.25, -0.2) is 4.39 Å². The number of rotatable bonds is 3. The fourth-order valence-electron chi connectivity index (χ4n) is 1.53. The molecule has 1 nitrogen and oxygen atoms in total. The molecule has 0 unspecified atom stereocenters. The van der Waals surface area contributed by atoms with Crippen molar-refractivity contribution in [2.45, 2.75) is 13.5 Å². The standard InChI is InChI=1S/C14H13ClFN/c1-10-2-5-12(6-3-10)17-9-11-4-7-13(15)14(16)8-11/h2-8,17H,9H2,1H3. The Morgan fingerprint density at radius 2 is 1.82 bits per heavy atom. The van der Waals surface area contributed by atoms with E-state index in [1.165, 1.54) is 11.6 Å². The molecule has 88 valence electrons. The van der Waals surface area contributed by atoms with Crippen LogP contribution in [0.1, 0.15) is 11.1 Å². The molecule has 3 heteroatoms. The normalized spacial score (nSPS) is 10.3. The van der Waals surface area contributed by atoms with Gasteiger partial charge in [-0.1, -0.05) is 35.4 Å². The largest absolute Gasteiger partial charge is 0.381 e. The average molecular weight is 250 g/mol. The second-order valence-electron chi connectivity index (χ2n) is 3.97. The molecule has 0 spiro atoms. The average Bonchev–Trinajstić information content (AvgIpc) is 2.33. The number of aryl methyl sites for hydroxylation is 1. The number of hydrogen-bond donors (Lipinski definition) is 1. The van der Waals surface area contributed by atoms with Gasteiger partial charge in [-0.2, -0.15) is 0 Å². The molecule has 2 aromatic carbocycles. The summed E-state index contributed by atoms with van der Waals surface area (Å²) >= 11 is 5.62. The second kappa shape index (κ2) is 5.19. The second-order valence-corrected chi connectivity index (χ2v) is 4.38. The maximum absolute atomic E-state index is 13.2. The van der Waals surface area contributed by atoms with E-state index in [4.69, 9.17) is 11.6 Å². The third kappa shape index (κ3) is 3.21. The summed E-state index contributed by atoms with van der Waals surface area (Å²) in [6.07, 6.45) is 0. The zero-order valence-corrected chi connectivity index (χ0v) is 10.3. The number of halogens is 2. The van der Waals surface area contributed by atoms with Crippen LogP contribution in [0.5, 0.6) is 0 Å². The molecule has 0 aromatic heterocycles. The molecule has 17 heavy (non-hydrogen) atoms. The van der Waals surface area contributed by atoms with Crippen LogP contribution >= 0.6 is 11.6 Å². The van der Waals surface area contributed by atoms with Gasteiger partial charge >= 0.3 is 0 Å². The van der Waals surface area contributed by atoms with E-state index in [9.17, 15) is 4.39 Å². The molecule has 0 fully saturated rings. The van der Waals surface area contributed by atoms with Gasteiger partial charge in [-0.15, -0.1) is 0 Å². The van der Waals surface area contributed by atoms with Crippen LogP contribution in [-0.2, 0) is 6.54 Å². The molecule has 0 aliphatic heterocycles. The van der Waals surface area contributed by atoms with Crippen molar-refractivity contribution in [1.82, 2.24) is 0 Å². The first-order chi connectivity index (χ1) is 8.15. The van der Waals surface area contributed by atoms with Crippen molar-refractivity contribution < 1.29 is 4.39 Å². The van der Waals surface area contributed by atoms with Crippen molar-refractivity contribution >= 4 is 17.3 Å². The van der Waals surface area contributed by atoms with Gasteiger partial charge in [0.2, 0.25) is 0 Å². The summed E-state index contributed by atoms with van der Waals surface area (Å²) in [5.41, 5.74) is 3.10. The van der Waals surface area contributed by atoms with Crippen molar-refractivity contribution in [3.8, 4) is 0 Å². The fraction of sp³-hybridized carbons (Fsp3) is 0.143. The number of benzene rings is 2. The smallest absolute Gasteiger partial charge is 0.142 e. The van der Waals surface area contributed by atoms with Gasteiger partial charge in [0, 0.05) is 12.2 Å². The van der Waals surface area contributed by atoms with E-state index in [0.29, 0.717) is 6.54 Å². The van der Waals surface area contributed by atoms with Gasteiger partial charge in [-0.05, 0) is 36.8 Å². The van der Waals surface area contributed by atoms with Crippen LogP contribution in [0.25, 0.3) is 0 Å². The van der Waals surface area contributed by atoms with Crippen LogP contribution in [0.3, 0.4) is 0 Å². The molecule has 2 rings (SSSR count). The van der Waals surface area contributed by atoms with Gasteiger partial charge < -0.3 is 5.32 Å². The summed E-state index contributed by atoms with van der Waals surface area (Å²) in [5, 5.41) is 3.38. The zero-order chi connectivity index (χ0) is 12.3. The lowest BCUT2D eigenvalue weighted by Crippen LogP contribution is -1.99. The molecule has 0 bridgehead atoms. The monoisotopic (exact) mass is 249 g/mol. The van der Waals surface area contributed by atoms with Crippen LogP contribution < -0.4 is 5.32 Å². The summed E-state index contributed by atoms with van der Waals surface area (Å²) < 4.78 is 13.2. The number of hydrogen-bond acceptors (Lipinski definition) is 1. The van der Waals surface area contributed by atoms with E-state index in [1.54, 1.807) is 6.07 Å². The maximum Gasteiger partial charge on any atom is 0.142 e. The lowest BCUT2D eigenvalue weighted by atomic mass is 10.2. The minimum absolute atomic E-state index is 0.157. The minimum Gasteiger partial charge on any atom is -0.381 e. The Bertz CT molecular complexity index is 508. The first-order valence-electron chi connectivity index (χ1n) is 5.39. The Kier molecular flexibility index (Phi) is 3.64. The highest BCUT2D eigenvalue weighted by molar-refractivity contribution is 6.30. The number of anilines is 1. The van der Waals surface area contributed by atoms with Crippen molar-refractivity contribution in [2.75, 3.05) is 5.32 Å². The van der Waals surface area contributed by atoms with Crippen molar-refractivity contribution in [2.24, 2.45) is 0 Å². The Labute approximate surface area is 105 Å². The van der Waals surface area contributed by atoms with Crippen LogP contribution in [0.15, 0.2) is 42.5 Å². The van der Waals surface area contributed by atoms with Crippen molar-refractivity contribution in [3.63, 3.8) is 0 Å². The van der Waals surface area contributed by atoms with E-state index >= 15 is 0 Å². The van der Waals surface area contributed by atoms with Gasteiger partial charge in [0.05, 0.1) is 5.02 Å². The van der Waals surface area contributed by atoms with Crippen LogP contribution in [0.4, 0.5) is 10.1 Å². The van der Waals surface area contributed by atoms with Crippen LogP contribution in [0.2, 0.25) is 5.02 Å². The predicted molar refractivity (Wildman–Crippen MR) is 69.9 cm³/mol. The van der Waals surface area contributed by atoms with E-state index in [2.05, 4.69) is 5.32 Å². The lowest BCUT2D eigenvalue weighted by Gasteiger charge is -2.07. The summed E-state index contributed by atoms with van der Waals surface area (Å²) in [5.74, 6) is -0.380. The molecular formula is C14H13ClFN. The molecule has 1 N–H and O–H groups in total. The van der Waals surface area contributed by atoms with Crippen molar-refractivity contribution in [1.29, 1.82) is 0 Å². The highest BCUT2D eigenvalue weighted by Gasteiger charge is 2.00. The van der Waals surface area contributed by atoms with Gasteiger partial charge in [0.15, 0.2) is 0 Å². The third-order valence-corrected chi connectivity index (χ3v) is 2.84. The molecule has 0 aliphatic rings. The summed E-state index contributed by atoms with van der Waals surface area (Å²) in [6.45, 7) is 2.62. The lowest BCUT2D eigenvalue weighted by molar-refractivity contribution is 0.626. The number of nitrogens with one attached hydrogen (secondary N) is 1. The fourth-order valence-corrected chi connectivity index (χ4v) is 1.64. The molecule has 2 aromatic rings. The van der Waals surface area contributed by atoms with Crippen LogP contribution in [0, 0.1) is 12.7 Å². The first kappa shape index (κ1) is 11.9. The summed E-state index contributed by atoms with van der Waals surface area (Å²) in [7, 11) is 0. The van der Waals surface area contributed by atoms with Gasteiger partial charge in [0.25, 0.3) is 0 Å². The van der Waals surface area contributed by atoms with Crippen LogP contribution in [-0.4, -0.2) is 0 Å². The van der Waals surface area contributed by atoms with Crippen molar-refractivity contribution in [3.05, 3.63) is 64.4 Å². The Morgan fingerprint density at radius 3 is 2.47 bits per heavy atom. The Morgan fingerprint density at radius 1 is 1.12 bits per heavy atom. The molecule has 0 radical (unpaired) electrons. The van der Waals surface area contributed by atoms with E-state index in [1.807, 2.05) is 37.3 Å². The van der Waals surface area contributed by atoms with Gasteiger partial charge in [-0.3, -0.25) is 0 Å². The molecule has 0 aliphatic carbocycles. The topological polar surface area (TPSA) is 12.0 Å². The molecule has 0 atom stereocenters. The minimum atomic E-state index is -0.380. The Balaban J connectivity index is 2.02. The summed E-state index contributed by atoms with van der Waals surface area (Å²) in [6, 6.07) is 12.9. The van der Waals surface area contributed by atoms with E-state index in [-0.39, 0.29) is 10.8 Å². The molecule has 0 heterocycles. The predicted octanol–water partition coefficient (Wildman–Crippen LogP) is 4.40. The summed E-state index contributed by atoms with van der Waals surface area (Å²) in [4.78, 5) is 0. The zero-order valence-electron chi connectivity index (χ0n) is 9.50. The highest BCUT2D eigenvalue weighted by atomic mass is 35.5. The molecule has 0 amide bonds. The molecule has 0 saturated heterocycles. The highest BCUT2D eigenvalue weighted by Crippen LogP contribution is 2.17. The Hall–Kier alpha value is -1.54. The molecule has 0 saturated carbocycles. The first-order valence-corrected chi connectivity index (χ1v) is 5.77. The quantitative estimate of drug-likeness (QED) is 0.850. The van der Waals surface area contributed by atoms with E-state index < -0.39 is 0 Å². The van der Waals surface area contributed by atoms with Gasteiger partial charge in [0.1, 0.15) is 5.82 Å². The maximum atomic E-state index is 13.2. The SMILES string of the molecule is Cc1ccc(NCc2ccc(Cl)c(F)c2)cc1. The third-order valence-electron chi connectivity index (χ3n) is 2.53.